The molecule has 0 amide bonds. The van der Waals surface area contributed by atoms with Gasteiger partial charge in [-0.3, -0.25) is 0 Å². The minimum atomic E-state index is 0.752. The van der Waals surface area contributed by atoms with Crippen molar-refractivity contribution in [1.29, 1.82) is 0 Å². The monoisotopic (exact) mass is 250 g/mol. The standard InChI is InChI=1S/C13H18N2OS/c1-3-7-16-10-4-5-12-11(9-10)14-13(6-8-17)15(12)2/h4-5,9,17H,3,6-8H2,1-2H3. The lowest BCUT2D eigenvalue weighted by molar-refractivity contribution is 0.318. The predicted octanol–water partition coefficient (Wildman–Crippen LogP) is 2.83. The quantitative estimate of drug-likeness (QED) is 0.826. The van der Waals surface area contributed by atoms with Gasteiger partial charge in [0.2, 0.25) is 0 Å². The van der Waals surface area contributed by atoms with Crippen LogP contribution in [0.5, 0.6) is 5.75 Å². The second-order valence-electron chi connectivity index (χ2n) is 4.06. The number of hydrogen-bond donors (Lipinski definition) is 1. The number of thiol groups is 1. The van der Waals surface area contributed by atoms with Crippen molar-refractivity contribution < 1.29 is 4.74 Å². The van der Waals surface area contributed by atoms with Gasteiger partial charge in [-0.2, -0.15) is 12.6 Å². The summed E-state index contributed by atoms with van der Waals surface area (Å²) in [4.78, 5) is 4.60. The van der Waals surface area contributed by atoms with Crippen molar-refractivity contribution >= 4 is 23.7 Å². The largest absolute Gasteiger partial charge is 0.494 e. The van der Waals surface area contributed by atoms with Crippen LogP contribution in [0.3, 0.4) is 0 Å². The summed E-state index contributed by atoms with van der Waals surface area (Å²) >= 11 is 4.25. The smallest absolute Gasteiger partial charge is 0.121 e. The van der Waals surface area contributed by atoms with Crippen molar-refractivity contribution in [3.05, 3.63) is 24.0 Å². The van der Waals surface area contributed by atoms with Crippen LogP contribution in [-0.2, 0) is 13.5 Å². The number of nitrogens with zero attached hydrogens (tertiary/aromatic N) is 2. The van der Waals surface area contributed by atoms with Crippen molar-refractivity contribution in [2.45, 2.75) is 19.8 Å². The molecule has 0 fully saturated rings. The maximum atomic E-state index is 5.61. The molecular weight excluding hydrogens is 232 g/mol. The maximum absolute atomic E-state index is 5.61. The Morgan fingerprint density at radius 2 is 2.24 bits per heavy atom. The van der Waals surface area contributed by atoms with Crippen LogP contribution in [0.25, 0.3) is 11.0 Å². The lowest BCUT2D eigenvalue weighted by Gasteiger charge is -2.04. The van der Waals surface area contributed by atoms with E-state index in [-0.39, 0.29) is 0 Å². The molecular formula is C13H18N2OS. The number of imidazole rings is 1. The van der Waals surface area contributed by atoms with E-state index in [2.05, 4.69) is 35.2 Å². The molecule has 0 saturated carbocycles. The molecule has 0 spiro atoms. The lowest BCUT2D eigenvalue weighted by Crippen LogP contribution is -1.98. The first kappa shape index (κ1) is 12.3. The van der Waals surface area contributed by atoms with Crippen molar-refractivity contribution in [3.63, 3.8) is 0 Å². The molecule has 0 aliphatic rings. The summed E-state index contributed by atoms with van der Waals surface area (Å²) in [6.07, 6.45) is 1.91. The van der Waals surface area contributed by atoms with Gasteiger partial charge in [0.05, 0.1) is 17.6 Å². The van der Waals surface area contributed by atoms with E-state index >= 15 is 0 Å². The van der Waals surface area contributed by atoms with Gasteiger partial charge in [-0.15, -0.1) is 0 Å². The van der Waals surface area contributed by atoms with Crippen molar-refractivity contribution in [2.75, 3.05) is 12.4 Å². The molecule has 3 nitrogen and oxygen atoms in total. The fraction of sp³-hybridized carbons (Fsp3) is 0.462. The van der Waals surface area contributed by atoms with Gasteiger partial charge in [-0.25, -0.2) is 4.98 Å². The van der Waals surface area contributed by atoms with E-state index in [4.69, 9.17) is 4.74 Å². The Bertz CT molecular complexity index is 507. The van der Waals surface area contributed by atoms with Crippen molar-refractivity contribution in [2.24, 2.45) is 7.05 Å². The van der Waals surface area contributed by atoms with Crippen molar-refractivity contribution in [3.8, 4) is 5.75 Å². The average molecular weight is 250 g/mol. The number of hydrogen-bond acceptors (Lipinski definition) is 3. The molecule has 4 heteroatoms. The third kappa shape index (κ3) is 2.57. The summed E-state index contributed by atoms with van der Waals surface area (Å²) in [6, 6.07) is 6.08. The van der Waals surface area contributed by atoms with Crippen LogP contribution in [0.15, 0.2) is 18.2 Å². The maximum Gasteiger partial charge on any atom is 0.121 e. The van der Waals surface area contributed by atoms with E-state index in [0.29, 0.717) is 0 Å². The van der Waals surface area contributed by atoms with Gasteiger partial charge in [0.25, 0.3) is 0 Å². The first-order valence-electron chi connectivity index (χ1n) is 5.95. The zero-order valence-corrected chi connectivity index (χ0v) is 11.2. The van der Waals surface area contributed by atoms with E-state index in [9.17, 15) is 0 Å². The second kappa shape index (κ2) is 5.45. The van der Waals surface area contributed by atoms with Crippen molar-refractivity contribution in [1.82, 2.24) is 9.55 Å². The summed E-state index contributed by atoms with van der Waals surface area (Å²) in [5.74, 6) is 2.79. The molecule has 0 radical (unpaired) electrons. The van der Waals surface area contributed by atoms with Crippen LogP contribution in [0.2, 0.25) is 0 Å². The van der Waals surface area contributed by atoms with E-state index in [1.165, 1.54) is 0 Å². The van der Waals surface area contributed by atoms with Crippen LogP contribution in [0, 0.1) is 0 Å². The van der Waals surface area contributed by atoms with E-state index in [0.717, 1.165) is 47.8 Å². The van der Waals surface area contributed by atoms with Crippen LogP contribution < -0.4 is 4.74 Å². The Balaban J connectivity index is 2.34. The molecule has 0 saturated heterocycles. The first-order chi connectivity index (χ1) is 8.26. The molecule has 0 unspecified atom stereocenters. The normalized spacial score (nSPS) is 11.0. The summed E-state index contributed by atoms with van der Waals surface area (Å²) in [5, 5.41) is 0. The lowest BCUT2D eigenvalue weighted by atomic mass is 10.3. The Morgan fingerprint density at radius 1 is 1.41 bits per heavy atom. The van der Waals surface area contributed by atoms with Gasteiger partial charge in [-0.1, -0.05) is 6.92 Å². The fourth-order valence-corrected chi connectivity index (χ4v) is 2.06. The van der Waals surface area contributed by atoms with Gasteiger partial charge in [0.1, 0.15) is 11.6 Å². The highest BCUT2D eigenvalue weighted by Gasteiger charge is 2.07. The number of benzene rings is 1. The zero-order chi connectivity index (χ0) is 12.3. The Morgan fingerprint density at radius 3 is 2.94 bits per heavy atom. The molecule has 17 heavy (non-hydrogen) atoms. The molecule has 92 valence electrons. The molecule has 2 rings (SSSR count). The topological polar surface area (TPSA) is 27.1 Å². The second-order valence-corrected chi connectivity index (χ2v) is 4.51. The summed E-state index contributed by atoms with van der Waals surface area (Å²) < 4.78 is 7.73. The molecule has 1 aromatic carbocycles. The van der Waals surface area contributed by atoms with Gasteiger partial charge in [-0.05, 0) is 24.3 Å². The van der Waals surface area contributed by atoms with Gasteiger partial charge < -0.3 is 9.30 Å². The third-order valence-corrected chi connectivity index (χ3v) is 2.98. The minimum absolute atomic E-state index is 0.752. The Kier molecular flexibility index (Phi) is 3.94. The van der Waals surface area contributed by atoms with E-state index in [1.807, 2.05) is 19.2 Å². The number of aryl methyl sites for hydroxylation is 2. The fourth-order valence-electron chi connectivity index (χ4n) is 1.86. The number of aromatic nitrogens is 2. The SMILES string of the molecule is CCCOc1ccc2c(c1)nc(CCS)n2C. The highest BCUT2D eigenvalue weighted by Crippen LogP contribution is 2.21. The summed E-state index contributed by atoms with van der Waals surface area (Å²) in [6.45, 7) is 2.85. The average Bonchev–Trinajstić information content (AvgIpc) is 2.64. The molecule has 0 N–H and O–H groups in total. The van der Waals surface area contributed by atoms with Crippen LogP contribution >= 0.6 is 12.6 Å². The highest BCUT2D eigenvalue weighted by molar-refractivity contribution is 7.80. The highest BCUT2D eigenvalue weighted by atomic mass is 32.1. The number of ether oxygens (including phenoxy) is 1. The first-order valence-corrected chi connectivity index (χ1v) is 6.58. The number of fused-ring (bicyclic) bond motifs is 1. The van der Waals surface area contributed by atoms with E-state index < -0.39 is 0 Å². The van der Waals surface area contributed by atoms with Crippen LogP contribution in [0.1, 0.15) is 19.2 Å². The predicted molar refractivity (Wildman–Crippen MR) is 74.1 cm³/mol. The molecule has 0 atom stereocenters. The van der Waals surface area contributed by atoms with Gasteiger partial charge in [0, 0.05) is 19.5 Å². The van der Waals surface area contributed by atoms with Gasteiger partial charge in [0.15, 0.2) is 0 Å². The molecule has 1 heterocycles. The minimum Gasteiger partial charge on any atom is -0.494 e. The summed E-state index contributed by atoms with van der Waals surface area (Å²) in [7, 11) is 2.04. The zero-order valence-electron chi connectivity index (χ0n) is 10.3. The molecule has 0 aliphatic carbocycles. The summed E-state index contributed by atoms with van der Waals surface area (Å²) in [5.41, 5.74) is 2.14. The van der Waals surface area contributed by atoms with E-state index in [1.54, 1.807) is 0 Å². The number of rotatable bonds is 5. The molecule has 0 bridgehead atoms. The van der Waals surface area contributed by atoms with Crippen LogP contribution in [-0.4, -0.2) is 21.9 Å². The molecule has 0 aliphatic heterocycles. The molecule has 1 aromatic heterocycles. The molecule has 2 aromatic rings. The van der Waals surface area contributed by atoms with Crippen LogP contribution in [0.4, 0.5) is 0 Å². The third-order valence-electron chi connectivity index (χ3n) is 2.75. The Hall–Kier alpha value is -1.16. The Labute approximate surface area is 107 Å². The van der Waals surface area contributed by atoms with Gasteiger partial charge >= 0.3 is 0 Å².